The molecule has 0 heterocycles. The lowest BCUT2D eigenvalue weighted by molar-refractivity contribution is -0.137. The summed E-state index contributed by atoms with van der Waals surface area (Å²) in [5.41, 5.74) is 0.647. The summed E-state index contributed by atoms with van der Waals surface area (Å²) >= 11 is 0. The highest BCUT2D eigenvalue weighted by Gasteiger charge is 2.30. The molecule has 0 fully saturated rings. The lowest BCUT2D eigenvalue weighted by Crippen LogP contribution is -2.13. The third-order valence-electron chi connectivity index (χ3n) is 4.12. The van der Waals surface area contributed by atoms with Crippen LogP contribution in [0.5, 0.6) is 11.5 Å². The van der Waals surface area contributed by atoms with E-state index in [1.165, 1.54) is 13.2 Å². The minimum Gasteiger partial charge on any atom is -0.496 e. The second-order valence-corrected chi connectivity index (χ2v) is 6.17. The zero-order valence-electron chi connectivity index (χ0n) is 15.5. The zero-order valence-corrected chi connectivity index (χ0v) is 15.5. The van der Waals surface area contributed by atoms with Gasteiger partial charge < -0.3 is 14.8 Å². The van der Waals surface area contributed by atoms with Crippen LogP contribution in [-0.2, 0) is 12.8 Å². The van der Waals surface area contributed by atoms with Gasteiger partial charge in [-0.2, -0.15) is 13.2 Å². The van der Waals surface area contributed by atoms with Crippen LogP contribution < -0.4 is 14.8 Å². The Bertz CT molecular complexity index is 985. The van der Waals surface area contributed by atoms with Crippen LogP contribution in [-0.4, -0.2) is 13.0 Å². The van der Waals surface area contributed by atoms with Gasteiger partial charge in [0.05, 0.1) is 18.2 Å². The normalized spacial score (nSPS) is 11.0. The Hall–Kier alpha value is -3.48. The monoisotopic (exact) mass is 401 g/mol. The lowest BCUT2D eigenvalue weighted by atomic mass is 10.1. The van der Waals surface area contributed by atoms with Crippen LogP contribution in [0.15, 0.2) is 72.8 Å². The van der Waals surface area contributed by atoms with Crippen molar-refractivity contribution in [3.05, 3.63) is 89.5 Å². The molecule has 150 valence electrons. The van der Waals surface area contributed by atoms with E-state index in [4.69, 9.17) is 9.47 Å². The molecule has 4 nitrogen and oxygen atoms in total. The van der Waals surface area contributed by atoms with Gasteiger partial charge in [-0.05, 0) is 54.1 Å². The smallest absolute Gasteiger partial charge is 0.416 e. The number of methoxy groups -OCH3 is 1. The molecule has 3 aromatic rings. The van der Waals surface area contributed by atoms with E-state index in [-0.39, 0.29) is 12.5 Å². The van der Waals surface area contributed by atoms with Crippen molar-refractivity contribution in [1.29, 1.82) is 0 Å². The van der Waals surface area contributed by atoms with Crippen LogP contribution in [0.25, 0.3) is 0 Å². The second-order valence-electron chi connectivity index (χ2n) is 6.17. The summed E-state index contributed by atoms with van der Waals surface area (Å²) < 4.78 is 49.0. The molecule has 0 atom stereocenters. The van der Waals surface area contributed by atoms with E-state index in [1.54, 1.807) is 54.6 Å². The largest absolute Gasteiger partial charge is 0.496 e. The average Bonchev–Trinajstić information content (AvgIpc) is 2.73. The van der Waals surface area contributed by atoms with Crippen molar-refractivity contribution in [3.8, 4) is 11.5 Å². The predicted molar refractivity (Wildman–Crippen MR) is 103 cm³/mol. The number of carbonyl (C=O) groups is 1. The lowest BCUT2D eigenvalue weighted by Gasteiger charge is -2.11. The van der Waals surface area contributed by atoms with Gasteiger partial charge in [0, 0.05) is 5.69 Å². The first-order valence-corrected chi connectivity index (χ1v) is 8.70. The van der Waals surface area contributed by atoms with E-state index in [0.717, 1.165) is 12.1 Å². The molecule has 3 rings (SSSR count). The molecule has 1 N–H and O–H groups in total. The topological polar surface area (TPSA) is 47.6 Å². The zero-order chi connectivity index (χ0) is 20.9. The number of hydrogen-bond acceptors (Lipinski definition) is 3. The van der Waals surface area contributed by atoms with Gasteiger partial charge in [0.1, 0.15) is 18.1 Å². The first-order chi connectivity index (χ1) is 13.9. The van der Waals surface area contributed by atoms with Crippen LogP contribution in [0.1, 0.15) is 21.5 Å². The van der Waals surface area contributed by atoms with Crippen molar-refractivity contribution < 1.29 is 27.4 Å². The predicted octanol–water partition coefficient (Wildman–Crippen LogP) is 5.55. The van der Waals surface area contributed by atoms with E-state index >= 15 is 0 Å². The fourth-order valence-corrected chi connectivity index (χ4v) is 2.67. The van der Waals surface area contributed by atoms with Gasteiger partial charge in [0.25, 0.3) is 5.91 Å². The molecule has 0 spiro atoms. The Kier molecular flexibility index (Phi) is 6.07. The number of nitrogens with one attached hydrogen (secondary N) is 1. The molecule has 1 amide bonds. The molecule has 0 aliphatic heterocycles. The first-order valence-electron chi connectivity index (χ1n) is 8.70. The quantitative estimate of drug-likeness (QED) is 0.590. The van der Waals surface area contributed by atoms with Gasteiger partial charge in [0.15, 0.2) is 0 Å². The molecule has 29 heavy (non-hydrogen) atoms. The molecule has 0 saturated carbocycles. The summed E-state index contributed by atoms with van der Waals surface area (Å²) in [5, 5.41) is 2.76. The van der Waals surface area contributed by atoms with Gasteiger partial charge in [-0.3, -0.25) is 4.79 Å². The molecular weight excluding hydrogens is 383 g/mol. The van der Waals surface area contributed by atoms with Crippen LogP contribution >= 0.6 is 0 Å². The number of halogens is 3. The minimum atomic E-state index is -4.39. The summed E-state index contributed by atoms with van der Waals surface area (Å²) in [6.45, 7) is -0.00313. The summed E-state index contributed by atoms with van der Waals surface area (Å²) in [6, 6.07) is 18.4. The molecule has 0 aliphatic carbocycles. The number of anilines is 1. The van der Waals surface area contributed by atoms with E-state index in [0.29, 0.717) is 28.3 Å². The molecule has 0 radical (unpaired) electrons. The van der Waals surface area contributed by atoms with Crippen molar-refractivity contribution in [1.82, 2.24) is 0 Å². The van der Waals surface area contributed by atoms with E-state index in [9.17, 15) is 18.0 Å². The summed E-state index contributed by atoms with van der Waals surface area (Å²) in [6.07, 6.45) is -4.39. The summed E-state index contributed by atoms with van der Waals surface area (Å²) in [4.78, 5) is 12.4. The van der Waals surface area contributed by atoms with Crippen molar-refractivity contribution in [2.45, 2.75) is 12.8 Å². The van der Waals surface area contributed by atoms with E-state index < -0.39 is 11.7 Å². The summed E-state index contributed by atoms with van der Waals surface area (Å²) in [5.74, 6) is 0.615. The maximum atomic E-state index is 12.8. The van der Waals surface area contributed by atoms with Crippen molar-refractivity contribution in [2.75, 3.05) is 12.4 Å². The van der Waals surface area contributed by atoms with Gasteiger partial charge in [0.2, 0.25) is 0 Å². The van der Waals surface area contributed by atoms with Crippen LogP contribution in [0.2, 0.25) is 0 Å². The van der Waals surface area contributed by atoms with Crippen LogP contribution in [0.4, 0.5) is 18.9 Å². The number of alkyl halides is 3. The number of benzene rings is 3. The van der Waals surface area contributed by atoms with Crippen LogP contribution in [0.3, 0.4) is 0 Å². The Balaban J connectivity index is 1.61. The number of carbonyl (C=O) groups excluding carboxylic acids is 1. The molecule has 0 bridgehead atoms. The standard InChI is InChI=1S/C22H18F3NO3/c1-28-20-8-3-2-7-19(20)21(27)26-17-9-11-18(12-10-17)29-14-15-5-4-6-16(13-15)22(23,24)25/h2-13H,14H2,1H3,(H,26,27). The molecule has 0 unspecified atom stereocenters. The van der Waals surface area contributed by atoms with Crippen molar-refractivity contribution in [3.63, 3.8) is 0 Å². The van der Waals surface area contributed by atoms with Gasteiger partial charge in [-0.25, -0.2) is 0 Å². The molecule has 0 saturated heterocycles. The Morgan fingerprint density at radius 3 is 2.38 bits per heavy atom. The molecule has 0 aromatic heterocycles. The third-order valence-corrected chi connectivity index (χ3v) is 4.12. The molecule has 3 aromatic carbocycles. The van der Waals surface area contributed by atoms with Crippen molar-refractivity contribution >= 4 is 11.6 Å². The fourth-order valence-electron chi connectivity index (χ4n) is 2.67. The highest BCUT2D eigenvalue weighted by atomic mass is 19.4. The van der Waals surface area contributed by atoms with Gasteiger partial charge in [-0.15, -0.1) is 0 Å². The van der Waals surface area contributed by atoms with Gasteiger partial charge >= 0.3 is 6.18 Å². The summed E-state index contributed by atoms with van der Waals surface area (Å²) in [7, 11) is 1.49. The SMILES string of the molecule is COc1ccccc1C(=O)Nc1ccc(OCc2cccc(C(F)(F)F)c2)cc1. The minimum absolute atomic E-state index is 0.00313. The Morgan fingerprint density at radius 1 is 0.966 bits per heavy atom. The highest BCUT2D eigenvalue weighted by molar-refractivity contribution is 6.06. The van der Waals surface area contributed by atoms with E-state index in [2.05, 4.69) is 5.32 Å². The molecule has 0 aliphatic rings. The number of amides is 1. The average molecular weight is 401 g/mol. The number of ether oxygens (including phenoxy) is 2. The van der Waals surface area contributed by atoms with Crippen LogP contribution in [0, 0.1) is 0 Å². The van der Waals surface area contributed by atoms with Crippen molar-refractivity contribution in [2.24, 2.45) is 0 Å². The maximum Gasteiger partial charge on any atom is 0.416 e. The first kappa shape index (κ1) is 20.3. The van der Waals surface area contributed by atoms with Gasteiger partial charge in [-0.1, -0.05) is 24.3 Å². The highest BCUT2D eigenvalue weighted by Crippen LogP contribution is 2.30. The number of para-hydroxylation sites is 1. The second kappa shape index (κ2) is 8.68. The Morgan fingerprint density at radius 2 is 1.69 bits per heavy atom. The maximum absolute atomic E-state index is 12.8. The number of hydrogen-bond donors (Lipinski definition) is 1. The molecular formula is C22H18F3NO3. The number of rotatable bonds is 6. The fraction of sp³-hybridized carbons (Fsp3) is 0.136. The Labute approximate surface area is 165 Å². The third kappa shape index (κ3) is 5.28. The molecule has 7 heteroatoms. The van der Waals surface area contributed by atoms with E-state index in [1.807, 2.05) is 0 Å².